The number of hydrogen-bond acceptors (Lipinski definition) is 3. The summed E-state index contributed by atoms with van der Waals surface area (Å²) in [5.74, 6) is 0.920. The molecule has 2 fully saturated rings. The van der Waals surface area contributed by atoms with Crippen LogP contribution >= 0.6 is 0 Å². The smallest absolute Gasteiger partial charge is 0.0113 e. The van der Waals surface area contributed by atoms with E-state index in [1.165, 1.54) is 58.7 Å². The molecule has 0 spiro atoms. The summed E-state index contributed by atoms with van der Waals surface area (Å²) in [4.78, 5) is 7.95. The minimum absolute atomic E-state index is 0.726. The molecule has 0 aromatic rings. The van der Waals surface area contributed by atoms with Gasteiger partial charge in [-0.3, -0.25) is 4.90 Å². The van der Waals surface area contributed by atoms with E-state index in [0.29, 0.717) is 0 Å². The van der Waals surface area contributed by atoms with Gasteiger partial charge >= 0.3 is 0 Å². The molecule has 0 aromatic heterocycles. The van der Waals surface area contributed by atoms with Gasteiger partial charge in [-0.05, 0) is 59.2 Å². The Kier molecular flexibility index (Phi) is 5.67. The molecule has 2 rings (SSSR count). The zero-order valence-electron chi connectivity index (χ0n) is 13.4. The summed E-state index contributed by atoms with van der Waals surface area (Å²) in [7, 11) is 0. The van der Waals surface area contributed by atoms with Gasteiger partial charge in [0.05, 0.1) is 0 Å². The fourth-order valence-electron chi connectivity index (χ4n) is 3.70. The highest BCUT2D eigenvalue weighted by Crippen LogP contribution is 2.25. The summed E-state index contributed by atoms with van der Waals surface area (Å²) >= 11 is 0. The van der Waals surface area contributed by atoms with Crippen LogP contribution in [0, 0.1) is 5.92 Å². The second kappa shape index (κ2) is 7.05. The molecule has 1 atom stereocenters. The molecule has 0 saturated carbocycles. The van der Waals surface area contributed by atoms with Gasteiger partial charge in [0.15, 0.2) is 0 Å². The topological polar surface area (TPSA) is 9.72 Å². The van der Waals surface area contributed by atoms with Crippen LogP contribution in [0.1, 0.15) is 40.5 Å². The van der Waals surface area contributed by atoms with E-state index in [2.05, 4.69) is 42.4 Å². The van der Waals surface area contributed by atoms with Crippen LogP contribution in [0.5, 0.6) is 0 Å². The van der Waals surface area contributed by atoms with E-state index in [9.17, 15) is 0 Å². The highest BCUT2D eigenvalue weighted by Gasteiger charge is 2.29. The maximum absolute atomic E-state index is 2.74. The van der Waals surface area contributed by atoms with Gasteiger partial charge in [0.2, 0.25) is 0 Å². The summed E-state index contributed by atoms with van der Waals surface area (Å²) in [6.45, 7) is 18.3. The lowest BCUT2D eigenvalue weighted by molar-refractivity contribution is 0.0497. The first-order valence-electron chi connectivity index (χ1n) is 8.32. The predicted molar refractivity (Wildman–Crippen MR) is 82.6 cm³/mol. The Morgan fingerprint density at radius 3 is 1.89 bits per heavy atom. The summed E-state index contributed by atoms with van der Waals surface area (Å²) < 4.78 is 0. The zero-order valence-corrected chi connectivity index (χ0v) is 13.4. The molecule has 0 radical (unpaired) electrons. The van der Waals surface area contributed by atoms with Crippen molar-refractivity contribution in [2.24, 2.45) is 5.92 Å². The molecule has 0 aromatic carbocycles. The van der Waals surface area contributed by atoms with Crippen LogP contribution in [0.2, 0.25) is 0 Å². The molecule has 0 aliphatic carbocycles. The molecule has 112 valence electrons. The van der Waals surface area contributed by atoms with Crippen molar-refractivity contribution in [3.8, 4) is 0 Å². The minimum Gasteiger partial charge on any atom is -0.301 e. The molecule has 2 heterocycles. The number of nitrogens with zero attached hydrogens (tertiary/aromatic N) is 3. The first-order chi connectivity index (χ1) is 9.11. The van der Waals surface area contributed by atoms with Gasteiger partial charge < -0.3 is 9.80 Å². The van der Waals surface area contributed by atoms with Gasteiger partial charge in [-0.15, -0.1) is 0 Å². The number of likely N-dealkylation sites (tertiary alicyclic amines) is 1. The predicted octanol–water partition coefficient (Wildman–Crippen LogP) is 2.13. The van der Waals surface area contributed by atoms with Gasteiger partial charge in [-0.2, -0.15) is 0 Å². The third-order valence-electron chi connectivity index (χ3n) is 5.42. The van der Waals surface area contributed by atoms with Crippen LogP contribution in [0.25, 0.3) is 0 Å². The average Bonchev–Trinajstić information content (AvgIpc) is 2.46. The maximum Gasteiger partial charge on any atom is 0.0113 e. The Balaban J connectivity index is 1.77. The number of rotatable bonds is 4. The van der Waals surface area contributed by atoms with E-state index in [4.69, 9.17) is 0 Å². The third-order valence-corrected chi connectivity index (χ3v) is 5.42. The Morgan fingerprint density at radius 1 is 0.842 bits per heavy atom. The van der Waals surface area contributed by atoms with Crippen LogP contribution in [0.4, 0.5) is 0 Å². The van der Waals surface area contributed by atoms with Crippen molar-refractivity contribution in [1.82, 2.24) is 14.7 Å². The molecule has 3 heteroatoms. The molecule has 0 amide bonds. The number of piperidine rings is 1. The lowest BCUT2D eigenvalue weighted by atomic mass is 9.88. The van der Waals surface area contributed by atoms with Gasteiger partial charge in [0.1, 0.15) is 0 Å². The monoisotopic (exact) mass is 267 g/mol. The van der Waals surface area contributed by atoms with Crippen molar-refractivity contribution in [2.45, 2.75) is 52.6 Å². The molecule has 0 bridgehead atoms. The standard InChI is InChI=1S/C16H33N3/c1-5-17-10-12-19(13-11-17)15(4)16-6-8-18(9-7-16)14(2)3/h14-16H,5-13H2,1-4H3/t15-/m1/s1. The third kappa shape index (κ3) is 3.93. The Morgan fingerprint density at radius 2 is 1.42 bits per heavy atom. The zero-order chi connectivity index (χ0) is 13.8. The van der Waals surface area contributed by atoms with E-state index < -0.39 is 0 Å². The molecule has 0 unspecified atom stereocenters. The van der Waals surface area contributed by atoms with E-state index in [-0.39, 0.29) is 0 Å². The number of piperazine rings is 1. The molecule has 2 aliphatic rings. The van der Waals surface area contributed by atoms with Gasteiger partial charge in [-0.1, -0.05) is 6.92 Å². The summed E-state index contributed by atoms with van der Waals surface area (Å²) in [6.07, 6.45) is 2.79. The second-order valence-electron chi connectivity index (χ2n) is 6.68. The second-order valence-corrected chi connectivity index (χ2v) is 6.68. The maximum atomic E-state index is 2.74. The van der Waals surface area contributed by atoms with E-state index in [1.807, 2.05) is 0 Å². The number of likely N-dealkylation sites (N-methyl/N-ethyl adjacent to an activating group) is 1. The molecular formula is C16H33N3. The first-order valence-corrected chi connectivity index (χ1v) is 8.32. The molecule has 3 nitrogen and oxygen atoms in total. The van der Waals surface area contributed by atoms with Crippen LogP contribution in [0.15, 0.2) is 0 Å². The normalized spacial score (nSPS) is 27.0. The summed E-state index contributed by atoms with van der Waals surface area (Å²) in [5, 5.41) is 0. The molecular weight excluding hydrogens is 234 g/mol. The minimum atomic E-state index is 0.726. The average molecular weight is 267 g/mol. The van der Waals surface area contributed by atoms with Crippen molar-refractivity contribution in [3.63, 3.8) is 0 Å². The van der Waals surface area contributed by atoms with Crippen molar-refractivity contribution in [2.75, 3.05) is 45.8 Å². The van der Waals surface area contributed by atoms with Crippen LogP contribution in [-0.2, 0) is 0 Å². The van der Waals surface area contributed by atoms with E-state index in [1.54, 1.807) is 0 Å². The van der Waals surface area contributed by atoms with Gasteiger partial charge in [0.25, 0.3) is 0 Å². The summed E-state index contributed by atoms with van der Waals surface area (Å²) in [5.41, 5.74) is 0. The van der Waals surface area contributed by atoms with Crippen molar-refractivity contribution in [3.05, 3.63) is 0 Å². The van der Waals surface area contributed by atoms with Gasteiger partial charge in [0, 0.05) is 38.3 Å². The van der Waals surface area contributed by atoms with Crippen molar-refractivity contribution in [1.29, 1.82) is 0 Å². The van der Waals surface area contributed by atoms with Crippen molar-refractivity contribution < 1.29 is 0 Å². The van der Waals surface area contributed by atoms with E-state index >= 15 is 0 Å². The summed E-state index contributed by atoms with van der Waals surface area (Å²) in [6, 6.07) is 1.51. The quantitative estimate of drug-likeness (QED) is 0.772. The lowest BCUT2D eigenvalue weighted by Gasteiger charge is -2.43. The van der Waals surface area contributed by atoms with Crippen LogP contribution in [-0.4, -0.2) is 72.6 Å². The lowest BCUT2D eigenvalue weighted by Crippen LogP contribution is -2.52. The Hall–Kier alpha value is -0.120. The Bertz CT molecular complexity index is 251. The molecule has 2 saturated heterocycles. The molecule has 0 N–H and O–H groups in total. The highest BCUT2D eigenvalue weighted by atomic mass is 15.3. The van der Waals surface area contributed by atoms with E-state index in [0.717, 1.165) is 18.0 Å². The largest absolute Gasteiger partial charge is 0.301 e. The first kappa shape index (κ1) is 15.3. The molecule has 2 aliphatic heterocycles. The number of hydrogen-bond donors (Lipinski definition) is 0. The molecule has 19 heavy (non-hydrogen) atoms. The Labute approximate surface area is 119 Å². The van der Waals surface area contributed by atoms with Crippen LogP contribution < -0.4 is 0 Å². The fraction of sp³-hybridized carbons (Fsp3) is 1.00. The van der Waals surface area contributed by atoms with Crippen molar-refractivity contribution >= 4 is 0 Å². The fourth-order valence-corrected chi connectivity index (χ4v) is 3.70. The highest BCUT2D eigenvalue weighted by molar-refractivity contribution is 4.84. The van der Waals surface area contributed by atoms with Gasteiger partial charge in [-0.25, -0.2) is 0 Å². The van der Waals surface area contributed by atoms with Crippen LogP contribution in [0.3, 0.4) is 0 Å². The SMILES string of the molecule is CCN1CCN([C@H](C)C2CCN(C(C)C)CC2)CC1.